The number of hydrogen-bond donors (Lipinski definition) is 0. The summed E-state index contributed by atoms with van der Waals surface area (Å²) in [7, 11) is 2.20. The second kappa shape index (κ2) is 6.44. The Labute approximate surface area is 168 Å². The molecule has 142 valence electrons. The number of aromatic nitrogens is 1. The van der Waals surface area contributed by atoms with Crippen LogP contribution in [0.4, 0.5) is 0 Å². The predicted molar refractivity (Wildman–Crippen MR) is 121 cm³/mol. The van der Waals surface area contributed by atoms with Gasteiger partial charge in [0.05, 0.1) is 0 Å². The van der Waals surface area contributed by atoms with E-state index < -0.39 is 0 Å². The Morgan fingerprint density at radius 2 is 1.43 bits per heavy atom. The van der Waals surface area contributed by atoms with Gasteiger partial charge in [0.25, 0.3) is 0 Å². The lowest BCUT2D eigenvalue weighted by Crippen LogP contribution is -2.32. The number of rotatable bonds is 1. The van der Waals surface area contributed by atoms with Crippen molar-refractivity contribution in [3.8, 4) is 11.3 Å². The summed E-state index contributed by atoms with van der Waals surface area (Å²) in [5.41, 5.74) is 9.38. The minimum Gasteiger partial charge on any atom is -0.194 e. The highest BCUT2D eigenvalue weighted by molar-refractivity contribution is 5.94. The van der Waals surface area contributed by atoms with Crippen LogP contribution in [0.3, 0.4) is 0 Å². The Balaban J connectivity index is 2.10. The Kier molecular flexibility index (Phi) is 4.30. The van der Waals surface area contributed by atoms with Gasteiger partial charge < -0.3 is 0 Å². The van der Waals surface area contributed by atoms with Crippen LogP contribution in [-0.2, 0) is 12.5 Å². The topological polar surface area (TPSA) is 3.88 Å². The first-order valence-electron chi connectivity index (χ1n) is 10.1. The highest BCUT2D eigenvalue weighted by Crippen LogP contribution is 2.37. The van der Waals surface area contributed by atoms with E-state index >= 15 is 0 Å². The molecular weight excluding hydrogens is 338 g/mol. The summed E-state index contributed by atoms with van der Waals surface area (Å²) in [5.74, 6) is 0. The molecule has 28 heavy (non-hydrogen) atoms. The van der Waals surface area contributed by atoms with E-state index in [0.717, 1.165) is 0 Å². The van der Waals surface area contributed by atoms with E-state index in [1.165, 1.54) is 55.2 Å². The second-order valence-electron chi connectivity index (χ2n) is 9.18. The molecule has 1 heterocycles. The van der Waals surface area contributed by atoms with Crippen LogP contribution in [0.5, 0.6) is 0 Å². The van der Waals surface area contributed by atoms with Crippen LogP contribution in [0, 0.1) is 20.8 Å². The summed E-state index contributed by atoms with van der Waals surface area (Å²) in [6.45, 7) is 13.6. The minimum absolute atomic E-state index is 0.0879. The predicted octanol–water partition coefficient (Wildman–Crippen LogP) is 6.71. The summed E-state index contributed by atoms with van der Waals surface area (Å²) in [5, 5.41) is 4.04. The van der Waals surface area contributed by atoms with E-state index in [4.69, 9.17) is 0 Å². The van der Waals surface area contributed by atoms with Crippen molar-refractivity contribution in [1.82, 2.24) is 0 Å². The van der Waals surface area contributed by atoms with E-state index in [9.17, 15) is 0 Å². The molecule has 1 aromatic heterocycles. The zero-order chi connectivity index (χ0) is 20.2. The summed E-state index contributed by atoms with van der Waals surface area (Å²) in [6, 6.07) is 20.4. The van der Waals surface area contributed by atoms with Crippen molar-refractivity contribution in [2.45, 2.75) is 47.0 Å². The van der Waals surface area contributed by atoms with Gasteiger partial charge in [-0.3, -0.25) is 0 Å². The Hall–Kier alpha value is -2.67. The normalized spacial score (nSPS) is 12.1. The first kappa shape index (κ1) is 18.7. The highest BCUT2D eigenvalue weighted by atomic mass is 14.9. The average Bonchev–Trinajstić information content (AvgIpc) is 2.62. The molecule has 0 bridgehead atoms. The molecule has 0 aliphatic heterocycles. The van der Waals surface area contributed by atoms with Crippen LogP contribution in [0.2, 0.25) is 0 Å². The van der Waals surface area contributed by atoms with Crippen molar-refractivity contribution in [1.29, 1.82) is 0 Å². The molecule has 1 nitrogen and oxygen atoms in total. The average molecular weight is 369 g/mol. The molecule has 0 unspecified atom stereocenters. The summed E-state index contributed by atoms with van der Waals surface area (Å²) in [6.07, 6.45) is 0. The van der Waals surface area contributed by atoms with Gasteiger partial charge in [0.1, 0.15) is 7.05 Å². The fourth-order valence-electron chi connectivity index (χ4n) is 4.53. The maximum absolute atomic E-state index is 2.42. The molecule has 4 aromatic rings. The van der Waals surface area contributed by atoms with Gasteiger partial charge in [0, 0.05) is 23.1 Å². The molecule has 0 amide bonds. The highest BCUT2D eigenvalue weighted by Gasteiger charge is 2.23. The monoisotopic (exact) mass is 368 g/mol. The van der Waals surface area contributed by atoms with E-state index in [1.54, 1.807) is 0 Å². The van der Waals surface area contributed by atoms with Crippen molar-refractivity contribution >= 4 is 21.7 Å². The molecule has 0 aliphatic carbocycles. The standard InChI is InChI=1S/C27H30N/c1-17-14-18(2)20-12-13-25(28(7)26(20)15-17)23-16-24(27(4,5)6)22-11-9-8-10-21(22)19(23)3/h8-16H,1-7H3/q+1. The molecule has 1 heteroatoms. The van der Waals surface area contributed by atoms with Gasteiger partial charge in [-0.2, -0.15) is 4.57 Å². The van der Waals surface area contributed by atoms with Crippen LogP contribution in [0.15, 0.2) is 54.6 Å². The Morgan fingerprint density at radius 3 is 2.11 bits per heavy atom. The zero-order valence-corrected chi connectivity index (χ0v) is 18.1. The summed E-state index contributed by atoms with van der Waals surface area (Å²) >= 11 is 0. The summed E-state index contributed by atoms with van der Waals surface area (Å²) < 4.78 is 2.36. The quantitative estimate of drug-likeness (QED) is 0.329. The molecule has 4 rings (SSSR count). The van der Waals surface area contributed by atoms with Gasteiger partial charge in [-0.05, 0) is 71.3 Å². The smallest absolute Gasteiger partial charge is 0.194 e. The molecule has 0 saturated heterocycles. The van der Waals surface area contributed by atoms with Crippen molar-refractivity contribution in [2.75, 3.05) is 0 Å². The van der Waals surface area contributed by atoms with Gasteiger partial charge in [-0.1, -0.05) is 51.1 Å². The van der Waals surface area contributed by atoms with E-state index in [0.29, 0.717) is 0 Å². The number of fused-ring (bicyclic) bond motifs is 2. The number of nitrogens with zero attached hydrogens (tertiary/aromatic N) is 1. The van der Waals surface area contributed by atoms with Crippen molar-refractivity contribution < 1.29 is 4.57 Å². The number of benzene rings is 3. The van der Waals surface area contributed by atoms with Gasteiger partial charge in [0.15, 0.2) is 0 Å². The summed E-state index contributed by atoms with van der Waals surface area (Å²) in [4.78, 5) is 0. The van der Waals surface area contributed by atoms with Crippen LogP contribution in [0.1, 0.15) is 43.0 Å². The lowest BCUT2D eigenvalue weighted by molar-refractivity contribution is -0.633. The molecule has 0 radical (unpaired) electrons. The Morgan fingerprint density at radius 1 is 0.750 bits per heavy atom. The zero-order valence-electron chi connectivity index (χ0n) is 18.1. The van der Waals surface area contributed by atoms with E-state index in [-0.39, 0.29) is 5.41 Å². The second-order valence-corrected chi connectivity index (χ2v) is 9.18. The van der Waals surface area contributed by atoms with Gasteiger partial charge in [-0.25, -0.2) is 0 Å². The van der Waals surface area contributed by atoms with E-state index in [1.807, 2.05) is 0 Å². The SMILES string of the molecule is Cc1cc(C)c2ccc(-c3cc(C(C)(C)C)c4ccccc4c3C)[n+](C)c2c1. The molecule has 0 N–H and O–H groups in total. The van der Waals surface area contributed by atoms with Crippen LogP contribution in [0.25, 0.3) is 32.9 Å². The van der Waals surface area contributed by atoms with Gasteiger partial charge in [-0.15, -0.1) is 0 Å². The van der Waals surface area contributed by atoms with Gasteiger partial charge in [0.2, 0.25) is 11.2 Å². The van der Waals surface area contributed by atoms with Crippen molar-refractivity contribution in [3.63, 3.8) is 0 Å². The maximum atomic E-state index is 2.42. The van der Waals surface area contributed by atoms with Crippen LogP contribution in [-0.4, -0.2) is 0 Å². The maximum Gasteiger partial charge on any atom is 0.213 e. The van der Waals surface area contributed by atoms with Gasteiger partial charge >= 0.3 is 0 Å². The molecule has 0 aliphatic rings. The molecular formula is C27H30N+. The van der Waals surface area contributed by atoms with Crippen LogP contribution >= 0.6 is 0 Å². The molecule has 0 atom stereocenters. The van der Waals surface area contributed by atoms with Crippen molar-refractivity contribution in [2.24, 2.45) is 7.05 Å². The molecule has 0 saturated carbocycles. The fraction of sp³-hybridized carbons (Fsp3) is 0.296. The third-order valence-electron chi connectivity index (χ3n) is 6.04. The lowest BCUT2D eigenvalue weighted by atomic mass is 9.80. The number of aryl methyl sites for hydroxylation is 4. The molecule has 0 spiro atoms. The van der Waals surface area contributed by atoms with Crippen LogP contribution < -0.4 is 4.57 Å². The third kappa shape index (κ3) is 2.90. The first-order chi connectivity index (χ1) is 13.2. The molecule has 3 aromatic carbocycles. The van der Waals surface area contributed by atoms with E-state index in [2.05, 4.69) is 108 Å². The lowest BCUT2D eigenvalue weighted by Gasteiger charge is -2.24. The fourth-order valence-corrected chi connectivity index (χ4v) is 4.53. The third-order valence-corrected chi connectivity index (χ3v) is 6.04. The van der Waals surface area contributed by atoms with Crippen molar-refractivity contribution in [3.05, 3.63) is 76.9 Å². The minimum atomic E-state index is 0.0879. The molecule has 0 fully saturated rings. The largest absolute Gasteiger partial charge is 0.213 e. The first-order valence-corrected chi connectivity index (χ1v) is 10.1. The number of pyridine rings is 1. The Bertz CT molecular complexity index is 1220. The number of hydrogen-bond acceptors (Lipinski definition) is 0.